The van der Waals surface area contributed by atoms with Crippen molar-refractivity contribution >= 4 is 39.5 Å². The lowest BCUT2D eigenvalue weighted by Gasteiger charge is -2.21. The zero-order valence-electron chi connectivity index (χ0n) is 67.6. The van der Waals surface area contributed by atoms with Crippen LogP contribution in [0, 0.1) is 11.8 Å². The number of phosphoric acid groups is 2. The first-order chi connectivity index (χ1) is 49.9. The number of carbonyl (C=O) groups excluding carboxylic acids is 4. The normalized spacial score (nSPS) is 14.1. The molecule has 6 atom stereocenters. The Labute approximate surface area is 632 Å². The molecule has 0 aliphatic carbocycles. The van der Waals surface area contributed by atoms with Crippen LogP contribution in [0.5, 0.6) is 0 Å². The van der Waals surface area contributed by atoms with Gasteiger partial charge < -0.3 is 33.8 Å². The van der Waals surface area contributed by atoms with Gasteiger partial charge in [-0.15, -0.1) is 0 Å². The second-order valence-electron chi connectivity index (χ2n) is 30.9. The van der Waals surface area contributed by atoms with Crippen LogP contribution in [0.4, 0.5) is 0 Å². The monoisotopic (exact) mass is 1510 g/mol. The molecule has 0 aromatic carbocycles. The quantitative estimate of drug-likeness (QED) is 0.0222. The van der Waals surface area contributed by atoms with Crippen LogP contribution in [0.25, 0.3) is 0 Å². The van der Waals surface area contributed by atoms with E-state index in [9.17, 15) is 43.2 Å². The smallest absolute Gasteiger partial charge is 0.462 e. The fourth-order valence-electron chi connectivity index (χ4n) is 13.0. The first-order valence-electron chi connectivity index (χ1n) is 43.5. The number of esters is 4. The lowest BCUT2D eigenvalue weighted by molar-refractivity contribution is -0.161. The Kier molecular flexibility index (Phi) is 74.1. The fourth-order valence-corrected chi connectivity index (χ4v) is 14.6. The van der Waals surface area contributed by atoms with Gasteiger partial charge in [0.15, 0.2) is 12.2 Å². The van der Waals surface area contributed by atoms with Crippen LogP contribution in [-0.4, -0.2) is 96.7 Å². The van der Waals surface area contributed by atoms with Crippen molar-refractivity contribution in [1.29, 1.82) is 0 Å². The summed E-state index contributed by atoms with van der Waals surface area (Å²) in [7, 11) is -9.92. The SMILES string of the molecule is CCCCCCCCCCCCCCCCCCCCCC(=O)OC[C@H](COP(=O)(O)OC[C@@H](O)COP(=O)(O)OC[C@@H](COC(=O)CCCCCCCCCCC(C)CC)OC(=O)CCCCCCCCCCCCCCC)OC(=O)CCCCCCCCCCCCCCCCCCC(C)C. The molecule has 0 fully saturated rings. The molecule has 0 aromatic rings. The molecule has 0 aliphatic heterocycles. The summed E-state index contributed by atoms with van der Waals surface area (Å²) in [5, 5.41) is 10.7. The van der Waals surface area contributed by atoms with E-state index in [1.165, 1.54) is 263 Å². The zero-order valence-corrected chi connectivity index (χ0v) is 69.4. The van der Waals surface area contributed by atoms with Crippen LogP contribution in [0.1, 0.15) is 446 Å². The highest BCUT2D eigenvalue weighted by Gasteiger charge is 2.30. The van der Waals surface area contributed by atoms with E-state index < -0.39 is 97.5 Å². The highest BCUT2D eigenvalue weighted by atomic mass is 31.2. The van der Waals surface area contributed by atoms with Crippen molar-refractivity contribution in [2.45, 2.75) is 464 Å². The molecular formula is C84H164O17P2. The van der Waals surface area contributed by atoms with E-state index in [1.54, 1.807) is 0 Å². The molecule has 17 nitrogen and oxygen atoms in total. The van der Waals surface area contributed by atoms with Gasteiger partial charge in [-0.05, 0) is 37.5 Å². The summed E-state index contributed by atoms with van der Waals surface area (Å²) in [6.07, 6.45) is 66.5. The first-order valence-corrected chi connectivity index (χ1v) is 46.5. The average molecular weight is 1510 g/mol. The van der Waals surface area contributed by atoms with Gasteiger partial charge in [0.05, 0.1) is 26.4 Å². The topological polar surface area (TPSA) is 237 Å². The van der Waals surface area contributed by atoms with Gasteiger partial charge in [-0.2, -0.15) is 0 Å². The molecular weight excluding hydrogens is 1340 g/mol. The maximum absolute atomic E-state index is 13.1. The van der Waals surface area contributed by atoms with Crippen molar-refractivity contribution in [3.8, 4) is 0 Å². The van der Waals surface area contributed by atoms with Crippen molar-refractivity contribution in [3.05, 3.63) is 0 Å². The van der Waals surface area contributed by atoms with Gasteiger partial charge in [-0.1, -0.05) is 395 Å². The third kappa shape index (κ3) is 76.6. The Balaban J connectivity index is 5.25. The van der Waals surface area contributed by atoms with E-state index in [0.717, 1.165) is 102 Å². The van der Waals surface area contributed by atoms with E-state index in [1.807, 2.05) is 0 Å². The van der Waals surface area contributed by atoms with Crippen LogP contribution in [0.2, 0.25) is 0 Å². The molecule has 612 valence electrons. The Morgan fingerprint density at radius 3 is 0.738 bits per heavy atom. The van der Waals surface area contributed by atoms with Crippen LogP contribution in [0.3, 0.4) is 0 Å². The van der Waals surface area contributed by atoms with Gasteiger partial charge in [-0.3, -0.25) is 37.3 Å². The molecule has 0 rings (SSSR count). The zero-order chi connectivity index (χ0) is 75.6. The number of rotatable bonds is 83. The standard InChI is InChI=1S/C84H164O17P2/c1-7-10-12-14-16-18-20-22-23-24-25-26-30-34-37-41-48-54-60-66-81(86)94-72-79(100-84(89)69-63-57-51-43-39-35-31-28-27-29-33-36-40-46-52-58-64-76(4)5)74-98-102(90,91)96-70-78(85)71-97-103(92,93)99-75-80(73-95-82(87)67-61-55-49-45-44-47-53-59-65-77(6)9-3)101-83(88)68-62-56-50-42-38-32-21-19-17-15-13-11-8-2/h76-80,85H,7-75H2,1-6H3,(H,90,91)(H,92,93)/t77?,78-,79-,80-/m1/s1. The minimum atomic E-state index is -4.96. The van der Waals surface area contributed by atoms with Crippen molar-refractivity contribution < 1.29 is 80.2 Å². The third-order valence-corrected chi connectivity index (χ3v) is 22.0. The molecule has 0 heterocycles. The van der Waals surface area contributed by atoms with Crippen LogP contribution in [0.15, 0.2) is 0 Å². The number of hydrogen-bond acceptors (Lipinski definition) is 15. The third-order valence-electron chi connectivity index (χ3n) is 20.1. The van der Waals surface area contributed by atoms with Crippen molar-refractivity contribution in [3.63, 3.8) is 0 Å². The molecule has 0 spiro atoms. The number of hydrogen-bond donors (Lipinski definition) is 3. The summed E-state index contributed by atoms with van der Waals surface area (Å²) < 4.78 is 68.8. The van der Waals surface area contributed by atoms with E-state index in [4.69, 9.17) is 37.0 Å². The molecule has 3 N–H and O–H groups in total. The average Bonchev–Trinajstić information content (AvgIpc) is 0.909. The minimum Gasteiger partial charge on any atom is -0.462 e. The molecule has 0 aliphatic rings. The molecule has 0 saturated carbocycles. The van der Waals surface area contributed by atoms with Crippen molar-refractivity contribution in [1.82, 2.24) is 0 Å². The number of aliphatic hydroxyl groups excluding tert-OH is 1. The van der Waals surface area contributed by atoms with Gasteiger partial charge in [0.1, 0.15) is 19.3 Å². The van der Waals surface area contributed by atoms with Gasteiger partial charge in [0.2, 0.25) is 0 Å². The van der Waals surface area contributed by atoms with E-state index >= 15 is 0 Å². The van der Waals surface area contributed by atoms with E-state index in [-0.39, 0.29) is 25.7 Å². The Morgan fingerprint density at radius 1 is 0.282 bits per heavy atom. The van der Waals surface area contributed by atoms with Gasteiger partial charge >= 0.3 is 39.5 Å². The molecule has 0 saturated heterocycles. The summed E-state index contributed by atoms with van der Waals surface area (Å²) >= 11 is 0. The van der Waals surface area contributed by atoms with Gasteiger partial charge in [0.25, 0.3) is 0 Å². The Morgan fingerprint density at radius 2 is 0.495 bits per heavy atom. The highest BCUT2D eigenvalue weighted by molar-refractivity contribution is 7.47. The maximum Gasteiger partial charge on any atom is 0.472 e. The van der Waals surface area contributed by atoms with Crippen LogP contribution >= 0.6 is 15.6 Å². The number of carbonyl (C=O) groups is 4. The number of phosphoric ester groups is 2. The molecule has 0 bridgehead atoms. The van der Waals surface area contributed by atoms with Crippen LogP contribution < -0.4 is 0 Å². The molecule has 3 unspecified atom stereocenters. The number of aliphatic hydroxyl groups is 1. The van der Waals surface area contributed by atoms with Crippen LogP contribution in [-0.2, 0) is 65.4 Å². The van der Waals surface area contributed by atoms with Crippen molar-refractivity contribution in [2.75, 3.05) is 39.6 Å². The summed E-state index contributed by atoms with van der Waals surface area (Å²) in [5.41, 5.74) is 0. The Hall–Kier alpha value is -1.94. The minimum absolute atomic E-state index is 0.107. The second-order valence-corrected chi connectivity index (χ2v) is 33.8. The largest absolute Gasteiger partial charge is 0.472 e. The molecule has 0 amide bonds. The second kappa shape index (κ2) is 75.5. The number of unbranched alkanes of at least 4 members (excludes halogenated alkanes) is 52. The fraction of sp³-hybridized carbons (Fsp3) is 0.952. The van der Waals surface area contributed by atoms with Gasteiger partial charge in [-0.25, -0.2) is 9.13 Å². The lowest BCUT2D eigenvalue weighted by atomic mass is 9.99. The number of ether oxygens (including phenoxy) is 4. The lowest BCUT2D eigenvalue weighted by Crippen LogP contribution is -2.30. The molecule has 103 heavy (non-hydrogen) atoms. The van der Waals surface area contributed by atoms with E-state index in [2.05, 4.69) is 41.5 Å². The predicted molar refractivity (Wildman–Crippen MR) is 423 cm³/mol. The molecule has 0 aromatic heterocycles. The van der Waals surface area contributed by atoms with Crippen molar-refractivity contribution in [2.24, 2.45) is 11.8 Å². The maximum atomic E-state index is 13.1. The Bertz CT molecular complexity index is 1980. The van der Waals surface area contributed by atoms with Gasteiger partial charge in [0, 0.05) is 25.7 Å². The predicted octanol–water partition coefficient (Wildman–Crippen LogP) is 25.5. The summed E-state index contributed by atoms with van der Waals surface area (Å²) in [6.45, 7) is 9.69. The van der Waals surface area contributed by atoms with E-state index in [0.29, 0.717) is 25.7 Å². The first kappa shape index (κ1) is 101. The highest BCUT2D eigenvalue weighted by Crippen LogP contribution is 2.45. The molecule has 0 radical (unpaired) electrons. The summed E-state index contributed by atoms with van der Waals surface area (Å²) in [5.74, 6) is -0.517. The molecule has 19 heteroatoms. The summed E-state index contributed by atoms with van der Waals surface area (Å²) in [4.78, 5) is 73.2. The summed E-state index contributed by atoms with van der Waals surface area (Å²) in [6, 6.07) is 0.